The van der Waals surface area contributed by atoms with Crippen LogP contribution in [0.3, 0.4) is 0 Å². The maximum absolute atomic E-state index is 12.9. The molecular weight excluding hydrogens is 456 g/mol. The molecule has 178 valence electrons. The van der Waals surface area contributed by atoms with Crippen LogP contribution in [-0.2, 0) is 11.3 Å². The first-order chi connectivity index (χ1) is 16.6. The number of aromatic amines is 1. The molecule has 0 atom stereocenters. The fraction of sp³-hybridized carbons (Fsp3) is 0.417. The zero-order chi connectivity index (χ0) is 23.5. The van der Waals surface area contributed by atoms with Crippen LogP contribution in [0.25, 0.3) is 11.0 Å². The van der Waals surface area contributed by atoms with Crippen LogP contribution in [0.4, 0.5) is 4.79 Å². The third-order valence-electron chi connectivity index (χ3n) is 6.71. The molecule has 0 unspecified atom stereocenters. The van der Waals surface area contributed by atoms with E-state index in [2.05, 4.69) is 20.3 Å². The Morgan fingerprint density at radius 3 is 2.44 bits per heavy atom. The number of piperidine rings is 1. The molecule has 2 saturated heterocycles. The molecule has 9 nitrogen and oxygen atoms in total. The van der Waals surface area contributed by atoms with Crippen molar-refractivity contribution >= 4 is 34.6 Å². The van der Waals surface area contributed by atoms with Gasteiger partial charge < -0.3 is 14.5 Å². The van der Waals surface area contributed by atoms with Gasteiger partial charge in [0.05, 0.1) is 0 Å². The molecule has 2 amide bonds. The van der Waals surface area contributed by atoms with E-state index >= 15 is 0 Å². The van der Waals surface area contributed by atoms with Crippen molar-refractivity contribution < 1.29 is 14.3 Å². The van der Waals surface area contributed by atoms with E-state index in [0.29, 0.717) is 35.2 Å². The number of H-pyrrole nitrogens is 1. The largest absolute Gasteiger partial charge is 0.444 e. The molecule has 2 fully saturated rings. The summed E-state index contributed by atoms with van der Waals surface area (Å²) in [6.45, 7) is 4.51. The van der Waals surface area contributed by atoms with E-state index < -0.39 is 0 Å². The Hall–Kier alpha value is -3.17. The normalized spacial score (nSPS) is 17.8. The van der Waals surface area contributed by atoms with Gasteiger partial charge in [0.15, 0.2) is 0 Å². The van der Waals surface area contributed by atoms with Gasteiger partial charge in [-0.1, -0.05) is 29.8 Å². The van der Waals surface area contributed by atoms with E-state index in [0.717, 1.165) is 50.1 Å². The number of benzene rings is 2. The minimum absolute atomic E-state index is 0.0365. The number of halogens is 1. The predicted molar refractivity (Wildman–Crippen MR) is 128 cm³/mol. The Kier molecular flexibility index (Phi) is 6.64. The second-order valence-corrected chi connectivity index (χ2v) is 9.13. The Balaban J connectivity index is 1.07. The Morgan fingerprint density at radius 1 is 0.941 bits per heavy atom. The van der Waals surface area contributed by atoms with E-state index in [9.17, 15) is 9.59 Å². The summed E-state index contributed by atoms with van der Waals surface area (Å²) in [7, 11) is 0. The predicted octanol–water partition coefficient (Wildman–Crippen LogP) is 3.17. The van der Waals surface area contributed by atoms with Crippen molar-refractivity contribution in [3.05, 3.63) is 58.6 Å². The van der Waals surface area contributed by atoms with Gasteiger partial charge in [-0.25, -0.2) is 4.79 Å². The number of hydrogen-bond acceptors (Lipinski definition) is 6. The summed E-state index contributed by atoms with van der Waals surface area (Å²) in [5.41, 5.74) is 2.90. The molecule has 1 aromatic heterocycles. The molecule has 34 heavy (non-hydrogen) atoms. The molecule has 2 aliphatic rings. The number of fused-ring (bicyclic) bond motifs is 1. The molecule has 3 heterocycles. The highest BCUT2D eigenvalue weighted by molar-refractivity contribution is 6.31. The Morgan fingerprint density at radius 2 is 1.68 bits per heavy atom. The summed E-state index contributed by atoms with van der Waals surface area (Å²) in [6, 6.07) is 13.2. The zero-order valence-electron chi connectivity index (χ0n) is 18.8. The van der Waals surface area contributed by atoms with Crippen LogP contribution in [0.5, 0.6) is 0 Å². The van der Waals surface area contributed by atoms with Crippen LogP contribution >= 0.6 is 11.6 Å². The van der Waals surface area contributed by atoms with Crippen LogP contribution in [0.2, 0.25) is 5.02 Å². The number of nitrogens with one attached hydrogen (secondary N) is 1. The van der Waals surface area contributed by atoms with Crippen molar-refractivity contribution in [1.82, 2.24) is 30.1 Å². The zero-order valence-corrected chi connectivity index (χ0v) is 19.6. The van der Waals surface area contributed by atoms with E-state index in [1.807, 2.05) is 35.2 Å². The van der Waals surface area contributed by atoms with Gasteiger partial charge in [0.1, 0.15) is 17.6 Å². The van der Waals surface area contributed by atoms with Crippen molar-refractivity contribution in [2.24, 2.45) is 0 Å². The van der Waals surface area contributed by atoms with Gasteiger partial charge in [0.25, 0.3) is 5.91 Å². The number of amides is 2. The minimum Gasteiger partial charge on any atom is -0.444 e. The average Bonchev–Trinajstić information content (AvgIpc) is 3.36. The quantitative estimate of drug-likeness (QED) is 0.613. The van der Waals surface area contributed by atoms with Gasteiger partial charge in [-0.15, -0.1) is 0 Å². The highest BCUT2D eigenvalue weighted by atomic mass is 35.5. The highest BCUT2D eigenvalue weighted by Gasteiger charge is 2.31. The molecule has 1 N–H and O–H groups in total. The van der Waals surface area contributed by atoms with Crippen LogP contribution in [-0.4, -0.2) is 87.4 Å². The summed E-state index contributed by atoms with van der Waals surface area (Å²) < 4.78 is 5.46. The minimum atomic E-state index is -0.302. The monoisotopic (exact) mass is 482 g/mol. The molecule has 0 radical (unpaired) electrons. The fourth-order valence-electron chi connectivity index (χ4n) is 4.71. The SMILES string of the molecule is O=C(OCc1ccccc1Cl)N1CCN(C2CCN(C(=O)c3ccc4n[nH]nc4c3)CC2)CC1. The van der Waals surface area contributed by atoms with Gasteiger partial charge in [0, 0.05) is 61.5 Å². The maximum atomic E-state index is 12.9. The molecule has 0 saturated carbocycles. The van der Waals surface area contributed by atoms with Gasteiger partial charge >= 0.3 is 6.09 Å². The molecular formula is C24H27ClN6O3. The maximum Gasteiger partial charge on any atom is 0.410 e. The van der Waals surface area contributed by atoms with Crippen LogP contribution in [0.1, 0.15) is 28.8 Å². The first-order valence-electron chi connectivity index (χ1n) is 11.6. The summed E-state index contributed by atoms with van der Waals surface area (Å²) in [6.07, 6.45) is 1.55. The first kappa shape index (κ1) is 22.6. The molecule has 0 spiro atoms. The van der Waals surface area contributed by atoms with Crippen LogP contribution < -0.4 is 0 Å². The lowest BCUT2D eigenvalue weighted by Crippen LogP contribution is -2.54. The topological polar surface area (TPSA) is 94.7 Å². The number of carbonyl (C=O) groups excluding carboxylic acids is 2. The number of aromatic nitrogens is 3. The molecule has 5 rings (SSSR count). The van der Waals surface area contributed by atoms with Crippen molar-refractivity contribution in [3.8, 4) is 0 Å². The van der Waals surface area contributed by atoms with E-state index in [1.54, 1.807) is 17.0 Å². The average molecular weight is 483 g/mol. The van der Waals surface area contributed by atoms with Crippen molar-refractivity contribution in [1.29, 1.82) is 0 Å². The molecule has 2 aromatic carbocycles. The van der Waals surface area contributed by atoms with Crippen molar-refractivity contribution in [2.45, 2.75) is 25.5 Å². The number of carbonyl (C=O) groups is 2. The van der Waals surface area contributed by atoms with Gasteiger partial charge in [-0.05, 0) is 37.1 Å². The highest BCUT2D eigenvalue weighted by Crippen LogP contribution is 2.22. The van der Waals surface area contributed by atoms with Crippen molar-refractivity contribution in [3.63, 3.8) is 0 Å². The first-order valence-corrected chi connectivity index (χ1v) is 12.0. The number of hydrogen-bond donors (Lipinski definition) is 1. The van der Waals surface area contributed by atoms with Crippen LogP contribution in [0.15, 0.2) is 42.5 Å². The third kappa shape index (κ3) is 4.85. The summed E-state index contributed by atoms with van der Waals surface area (Å²) in [4.78, 5) is 31.5. The molecule has 10 heteroatoms. The van der Waals surface area contributed by atoms with Gasteiger partial charge in [-0.2, -0.15) is 15.4 Å². The summed E-state index contributed by atoms with van der Waals surface area (Å²) >= 11 is 6.14. The lowest BCUT2D eigenvalue weighted by Gasteiger charge is -2.42. The lowest BCUT2D eigenvalue weighted by molar-refractivity contribution is 0.0394. The standard InChI is InChI=1S/C24H27ClN6O3/c25-20-4-2-1-3-18(20)16-34-24(33)31-13-11-29(12-14-31)19-7-9-30(10-8-19)23(32)17-5-6-21-22(15-17)27-28-26-21/h1-6,15,19H,7-14,16H2,(H,26,27,28). The Labute approximate surface area is 202 Å². The van der Waals surface area contributed by atoms with Crippen LogP contribution in [0, 0.1) is 0 Å². The number of ether oxygens (including phenoxy) is 1. The number of piperazine rings is 1. The van der Waals surface area contributed by atoms with Crippen molar-refractivity contribution in [2.75, 3.05) is 39.3 Å². The summed E-state index contributed by atoms with van der Waals surface area (Å²) in [5, 5.41) is 11.3. The van der Waals surface area contributed by atoms with E-state index in [-0.39, 0.29) is 18.6 Å². The second-order valence-electron chi connectivity index (χ2n) is 8.72. The molecule has 2 aliphatic heterocycles. The van der Waals surface area contributed by atoms with Gasteiger partial charge in [-0.3, -0.25) is 9.69 Å². The summed E-state index contributed by atoms with van der Waals surface area (Å²) in [5.74, 6) is 0.0365. The third-order valence-corrected chi connectivity index (χ3v) is 7.08. The second kappa shape index (κ2) is 9.99. The van der Waals surface area contributed by atoms with Gasteiger partial charge in [0.2, 0.25) is 0 Å². The lowest BCUT2D eigenvalue weighted by atomic mass is 10.0. The number of rotatable bonds is 4. The molecule has 0 aliphatic carbocycles. The fourth-order valence-corrected chi connectivity index (χ4v) is 4.90. The molecule has 3 aromatic rings. The van der Waals surface area contributed by atoms with E-state index in [1.165, 1.54) is 0 Å². The number of nitrogens with zero attached hydrogens (tertiary/aromatic N) is 5. The molecule has 0 bridgehead atoms. The van der Waals surface area contributed by atoms with E-state index in [4.69, 9.17) is 16.3 Å². The Bertz CT molecular complexity index is 1170. The number of likely N-dealkylation sites (tertiary alicyclic amines) is 1. The smallest absolute Gasteiger partial charge is 0.410 e.